The van der Waals surface area contributed by atoms with Crippen LogP contribution >= 0.6 is 11.6 Å². The molecule has 0 aliphatic rings. The van der Waals surface area contributed by atoms with Crippen molar-refractivity contribution in [2.24, 2.45) is 4.99 Å². The Balaban J connectivity index is 1.64. The first-order valence-electron chi connectivity index (χ1n) is 7.76. The van der Waals surface area contributed by atoms with E-state index in [0.717, 1.165) is 11.3 Å². The molecule has 5 heteroatoms. The Bertz CT molecular complexity index is 971. The number of nitriles is 1. The van der Waals surface area contributed by atoms with Gasteiger partial charge in [-0.25, -0.2) is 4.79 Å². The molecule has 0 aromatic heterocycles. The monoisotopic (exact) mass is 360 g/mol. The zero-order valence-corrected chi connectivity index (χ0v) is 14.4. The van der Waals surface area contributed by atoms with Crippen LogP contribution in [0.5, 0.6) is 5.75 Å². The van der Waals surface area contributed by atoms with Crippen LogP contribution in [0.2, 0.25) is 5.02 Å². The summed E-state index contributed by atoms with van der Waals surface area (Å²) in [5, 5.41) is 9.44. The molecule has 0 spiro atoms. The number of hydrogen-bond acceptors (Lipinski definition) is 4. The normalized spacial score (nSPS) is 10.5. The van der Waals surface area contributed by atoms with Gasteiger partial charge in [0.2, 0.25) is 0 Å². The molecule has 126 valence electrons. The fourth-order valence-corrected chi connectivity index (χ4v) is 2.27. The lowest BCUT2D eigenvalue weighted by molar-refractivity contribution is 0.0735. The van der Waals surface area contributed by atoms with Gasteiger partial charge in [0, 0.05) is 11.2 Å². The number of benzene rings is 3. The maximum Gasteiger partial charge on any atom is 0.343 e. The van der Waals surface area contributed by atoms with E-state index in [1.165, 1.54) is 0 Å². The van der Waals surface area contributed by atoms with Crippen LogP contribution in [0.4, 0.5) is 5.69 Å². The van der Waals surface area contributed by atoms with Gasteiger partial charge >= 0.3 is 5.97 Å². The first-order chi connectivity index (χ1) is 12.6. The van der Waals surface area contributed by atoms with Gasteiger partial charge in [-0.05, 0) is 78.4 Å². The summed E-state index contributed by atoms with van der Waals surface area (Å²) in [7, 11) is 0. The number of hydrogen-bond donors (Lipinski definition) is 0. The third-order valence-corrected chi connectivity index (χ3v) is 3.78. The molecular weight excluding hydrogens is 348 g/mol. The zero-order chi connectivity index (χ0) is 18.4. The van der Waals surface area contributed by atoms with E-state index in [4.69, 9.17) is 21.6 Å². The zero-order valence-electron chi connectivity index (χ0n) is 13.6. The molecule has 26 heavy (non-hydrogen) atoms. The fourth-order valence-electron chi connectivity index (χ4n) is 2.14. The minimum absolute atomic E-state index is 0.386. The summed E-state index contributed by atoms with van der Waals surface area (Å²) in [4.78, 5) is 16.4. The largest absolute Gasteiger partial charge is 0.423 e. The summed E-state index contributed by atoms with van der Waals surface area (Å²) >= 11 is 5.84. The van der Waals surface area contributed by atoms with Crippen LogP contribution in [0.1, 0.15) is 21.5 Å². The van der Waals surface area contributed by atoms with Crippen molar-refractivity contribution in [3.63, 3.8) is 0 Å². The molecule has 3 aromatic carbocycles. The number of carbonyl (C=O) groups excluding carboxylic acids is 1. The maximum absolute atomic E-state index is 12.1. The van der Waals surface area contributed by atoms with Gasteiger partial charge in [-0.2, -0.15) is 5.26 Å². The Morgan fingerprint density at radius 2 is 1.62 bits per heavy atom. The second-order valence-electron chi connectivity index (χ2n) is 5.38. The Labute approximate surface area is 156 Å². The summed E-state index contributed by atoms with van der Waals surface area (Å²) in [6.07, 6.45) is 1.72. The van der Waals surface area contributed by atoms with Gasteiger partial charge in [-0.3, -0.25) is 4.99 Å². The van der Waals surface area contributed by atoms with Gasteiger partial charge < -0.3 is 4.74 Å². The Kier molecular flexibility index (Phi) is 5.43. The van der Waals surface area contributed by atoms with Crippen LogP contribution in [0, 0.1) is 11.3 Å². The van der Waals surface area contributed by atoms with Crippen molar-refractivity contribution in [1.29, 1.82) is 5.26 Å². The van der Waals surface area contributed by atoms with Crippen molar-refractivity contribution in [1.82, 2.24) is 0 Å². The minimum Gasteiger partial charge on any atom is -0.423 e. The summed E-state index contributed by atoms with van der Waals surface area (Å²) < 4.78 is 5.32. The molecule has 4 nitrogen and oxygen atoms in total. The van der Waals surface area contributed by atoms with Gasteiger partial charge in [0.1, 0.15) is 5.75 Å². The molecule has 0 saturated heterocycles. The molecule has 0 atom stereocenters. The van der Waals surface area contributed by atoms with Crippen molar-refractivity contribution < 1.29 is 9.53 Å². The topological polar surface area (TPSA) is 62.5 Å². The van der Waals surface area contributed by atoms with E-state index in [9.17, 15) is 4.79 Å². The lowest BCUT2D eigenvalue weighted by atomic mass is 10.1. The molecule has 0 amide bonds. The van der Waals surface area contributed by atoms with Gasteiger partial charge in [-0.15, -0.1) is 0 Å². The molecule has 0 radical (unpaired) electrons. The summed E-state index contributed by atoms with van der Waals surface area (Å²) in [5.41, 5.74) is 2.55. The second kappa shape index (κ2) is 8.11. The summed E-state index contributed by atoms with van der Waals surface area (Å²) in [5.74, 6) is -0.0416. The highest BCUT2D eigenvalue weighted by atomic mass is 35.5. The van der Waals surface area contributed by atoms with Crippen molar-refractivity contribution in [2.45, 2.75) is 0 Å². The van der Waals surface area contributed by atoms with E-state index < -0.39 is 5.97 Å². The molecular formula is C21H13ClN2O2. The van der Waals surface area contributed by atoms with Crippen molar-refractivity contribution >= 4 is 29.5 Å². The van der Waals surface area contributed by atoms with Gasteiger partial charge in [-0.1, -0.05) is 11.6 Å². The van der Waals surface area contributed by atoms with Crippen LogP contribution in [-0.2, 0) is 0 Å². The third-order valence-electron chi connectivity index (χ3n) is 3.53. The van der Waals surface area contributed by atoms with Crippen LogP contribution in [0.25, 0.3) is 0 Å². The molecule has 0 unspecified atom stereocenters. The van der Waals surface area contributed by atoms with Crippen molar-refractivity contribution in [3.05, 3.63) is 94.5 Å². The molecule has 0 bridgehead atoms. The predicted molar refractivity (Wildman–Crippen MR) is 101 cm³/mol. The molecule has 0 heterocycles. The average Bonchev–Trinajstić information content (AvgIpc) is 2.68. The Hall–Kier alpha value is -3.42. The van der Waals surface area contributed by atoms with Gasteiger partial charge in [0.25, 0.3) is 0 Å². The maximum atomic E-state index is 12.1. The van der Waals surface area contributed by atoms with Crippen LogP contribution < -0.4 is 4.74 Å². The first-order valence-corrected chi connectivity index (χ1v) is 8.14. The molecule has 3 rings (SSSR count). The molecule has 0 aliphatic carbocycles. The average molecular weight is 361 g/mol. The first kappa shape index (κ1) is 17.4. The lowest BCUT2D eigenvalue weighted by Gasteiger charge is -2.04. The molecule has 0 saturated carbocycles. The van der Waals surface area contributed by atoms with Crippen LogP contribution in [0.15, 0.2) is 77.8 Å². The van der Waals surface area contributed by atoms with E-state index in [0.29, 0.717) is 21.9 Å². The molecule has 0 aliphatic heterocycles. The highest BCUT2D eigenvalue weighted by molar-refractivity contribution is 6.30. The number of rotatable bonds is 4. The quantitative estimate of drug-likeness (QED) is 0.366. The number of nitrogens with zero attached hydrogens (tertiary/aromatic N) is 2. The summed E-state index contributed by atoms with van der Waals surface area (Å²) in [6, 6.07) is 22.5. The predicted octanol–water partition coefficient (Wildman–Crippen LogP) is 5.18. The molecule has 0 N–H and O–H groups in total. The SMILES string of the molecule is N#Cc1ccc(C(=O)Oc2ccc(C=Nc3ccc(Cl)cc3)cc2)cc1. The van der Waals surface area contributed by atoms with Crippen molar-refractivity contribution in [2.75, 3.05) is 0 Å². The van der Waals surface area contributed by atoms with Gasteiger partial charge in [0.15, 0.2) is 0 Å². The molecule has 0 fully saturated rings. The minimum atomic E-state index is -0.475. The summed E-state index contributed by atoms with van der Waals surface area (Å²) in [6.45, 7) is 0. The Morgan fingerprint density at radius 1 is 0.962 bits per heavy atom. The third kappa shape index (κ3) is 4.56. The Morgan fingerprint density at radius 3 is 2.23 bits per heavy atom. The number of halogens is 1. The highest BCUT2D eigenvalue weighted by Gasteiger charge is 2.08. The number of ether oxygens (including phenoxy) is 1. The van der Waals surface area contributed by atoms with E-state index in [1.807, 2.05) is 18.2 Å². The van der Waals surface area contributed by atoms with Crippen LogP contribution in [0.3, 0.4) is 0 Å². The van der Waals surface area contributed by atoms with E-state index >= 15 is 0 Å². The van der Waals surface area contributed by atoms with Crippen LogP contribution in [-0.4, -0.2) is 12.2 Å². The van der Waals surface area contributed by atoms with Gasteiger partial charge in [0.05, 0.1) is 22.9 Å². The fraction of sp³-hybridized carbons (Fsp3) is 0. The second-order valence-corrected chi connectivity index (χ2v) is 5.82. The number of carbonyl (C=O) groups is 1. The lowest BCUT2D eigenvalue weighted by Crippen LogP contribution is -2.08. The van der Waals surface area contributed by atoms with E-state index in [2.05, 4.69) is 4.99 Å². The number of aliphatic imine (C=N–C) groups is 1. The smallest absolute Gasteiger partial charge is 0.343 e. The van der Waals surface area contributed by atoms with Crippen molar-refractivity contribution in [3.8, 4) is 11.8 Å². The standard InChI is InChI=1S/C21H13ClN2O2/c22-18-7-9-19(10-8-18)24-14-16-3-11-20(12-4-16)26-21(25)17-5-1-15(13-23)2-6-17/h1-12,14H. The number of esters is 1. The van der Waals surface area contributed by atoms with E-state index in [1.54, 1.807) is 66.9 Å². The van der Waals surface area contributed by atoms with E-state index in [-0.39, 0.29) is 0 Å². The molecule has 3 aromatic rings. The highest BCUT2D eigenvalue weighted by Crippen LogP contribution is 2.17.